The Balaban J connectivity index is 2.72. The SMILES string of the molecule is CCNCC(=O)c1cnc(C(F)(F)F)s1. The van der Waals surface area contributed by atoms with Crippen LogP contribution in [0.25, 0.3) is 0 Å². The van der Waals surface area contributed by atoms with Gasteiger partial charge in [0.15, 0.2) is 10.8 Å². The molecule has 1 aromatic heterocycles. The van der Waals surface area contributed by atoms with Gasteiger partial charge in [0.25, 0.3) is 0 Å². The van der Waals surface area contributed by atoms with E-state index in [0.717, 1.165) is 6.20 Å². The van der Waals surface area contributed by atoms with E-state index < -0.39 is 11.2 Å². The molecule has 0 aliphatic carbocycles. The zero-order valence-corrected chi connectivity index (χ0v) is 8.71. The van der Waals surface area contributed by atoms with Gasteiger partial charge in [-0.1, -0.05) is 6.92 Å². The first-order chi connectivity index (χ1) is 6.95. The number of rotatable bonds is 4. The van der Waals surface area contributed by atoms with Crippen molar-refractivity contribution in [3.05, 3.63) is 16.1 Å². The lowest BCUT2D eigenvalue weighted by atomic mass is 10.3. The molecule has 1 heterocycles. The molecule has 3 nitrogen and oxygen atoms in total. The highest BCUT2D eigenvalue weighted by Crippen LogP contribution is 2.32. The van der Waals surface area contributed by atoms with Crippen molar-refractivity contribution in [2.45, 2.75) is 13.1 Å². The third kappa shape index (κ3) is 3.28. The van der Waals surface area contributed by atoms with Gasteiger partial charge in [-0.3, -0.25) is 4.79 Å². The van der Waals surface area contributed by atoms with Crippen molar-refractivity contribution in [1.82, 2.24) is 10.3 Å². The summed E-state index contributed by atoms with van der Waals surface area (Å²) in [6, 6.07) is 0. The monoisotopic (exact) mass is 238 g/mol. The van der Waals surface area contributed by atoms with E-state index in [4.69, 9.17) is 0 Å². The number of hydrogen-bond donors (Lipinski definition) is 1. The Morgan fingerprint density at radius 2 is 2.27 bits per heavy atom. The Morgan fingerprint density at radius 1 is 1.60 bits per heavy atom. The molecule has 0 aromatic carbocycles. The summed E-state index contributed by atoms with van der Waals surface area (Å²) in [5, 5.41) is 1.76. The normalized spacial score (nSPS) is 11.7. The summed E-state index contributed by atoms with van der Waals surface area (Å²) < 4.78 is 36.4. The second-order valence-corrected chi connectivity index (χ2v) is 3.76. The van der Waals surface area contributed by atoms with Crippen LogP contribution in [-0.4, -0.2) is 23.9 Å². The second kappa shape index (κ2) is 4.71. The summed E-state index contributed by atoms with van der Waals surface area (Å²) in [4.78, 5) is 14.5. The fourth-order valence-corrected chi connectivity index (χ4v) is 1.58. The molecule has 0 amide bonds. The standard InChI is InChI=1S/C8H9F3N2OS/c1-2-12-3-5(14)6-4-13-7(15-6)8(9,10)11/h4,12H,2-3H2,1H3. The zero-order valence-electron chi connectivity index (χ0n) is 7.89. The van der Waals surface area contributed by atoms with E-state index in [1.807, 2.05) is 0 Å². The number of thiazole rings is 1. The van der Waals surface area contributed by atoms with Gasteiger partial charge in [-0.15, -0.1) is 11.3 Å². The summed E-state index contributed by atoms with van der Waals surface area (Å²) in [5.41, 5.74) is 0. The van der Waals surface area contributed by atoms with Crippen LogP contribution in [0.3, 0.4) is 0 Å². The van der Waals surface area contributed by atoms with Crippen LogP contribution in [0.2, 0.25) is 0 Å². The molecule has 0 spiro atoms. The largest absolute Gasteiger partial charge is 0.443 e. The highest BCUT2D eigenvalue weighted by molar-refractivity contribution is 7.13. The number of aromatic nitrogens is 1. The van der Waals surface area contributed by atoms with Crippen LogP contribution in [0.5, 0.6) is 0 Å². The summed E-state index contributed by atoms with van der Waals surface area (Å²) >= 11 is 0.373. The van der Waals surface area contributed by atoms with Crippen LogP contribution in [0.4, 0.5) is 13.2 Å². The highest BCUT2D eigenvalue weighted by Gasteiger charge is 2.35. The predicted molar refractivity (Wildman–Crippen MR) is 50.0 cm³/mol. The van der Waals surface area contributed by atoms with Crippen molar-refractivity contribution in [3.63, 3.8) is 0 Å². The molecule has 0 unspecified atom stereocenters. The zero-order chi connectivity index (χ0) is 11.5. The van der Waals surface area contributed by atoms with Gasteiger partial charge in [0.05, 0.1) is 11.4 Å². The molecule has 0 saturated carbocycles. The molecule has 0 aliphatic heterocycles. The number of carbonyl (C=O) groups is 1. The fraction of sp³-hybridized carbons (Fsp3) is 0.500. The van der Waals surface area contributed by atoms with Crippen LogP contribution >= 0.6 is 11.3 Å². The van der Waals surface area contributed by atoms with Crippen LogP contribution in [0, 0.1) is 0 Å². The Bertz CT molecular complexity index is 348. The minimum absolute atomic E-state index is 0.0308. The number of nitrogens with one attached hydrogen (secondary N) is 1. The molecule has 0 saturated heterocycles. The lowest BCUT2D eigenvalue weighted by Gasteiger charge is -1.99. The van der Waals surface area contributed by atoms with Gasteiger partial charge in [-0.05, 0) is 6.54 Å². The molecule has 1 rings (SSSR count). The van der Waals surface area contributed by atoms with Gasteiger partial charge in [0.2, 0.25) is 0 Å². The van der Waals surface area contributed by atoms with Gasteiger partial charge < -0.3 is 5.32 Å². The van der Waals surface area contributed by atoms with E-state index in [9.17, 15) is 18.0 Å². The molecule has 7 heteroatoms. The second-order valence-electron chi connectivity index (χ2n) is 2.73. The van der Waals surface area contributed by atoms with Crippen molar-refractivity contribution in [3.8, 4) is 0 Å². The Hall–Kier alpha value is -0.950. The topological polar surface area (TPSA) is 42.0 Å². The van der Waals surface area contributed by atoms with E-state index in [0.29, 0.717) is 17.9 Å². The van der Waals surface area contributed by atoms with Crippen molar-refractivity contribution >= 4 is 17.1 Å². The molecular formula is C8H9F3N2OS. The van der Waals surface area contributed by atoms with Gasteiger partial charge in [-0.25, -0.2) is 4.98 Å². The maximum absolute atomic E-state index is 12.1. The van der Waals surface area contributed by atoms with Crippen LogP contribution in [0.15, 0.2) is 6.20 Å². The third-order valence-corrected chi connectivity index (χ3v) is 2.64. The van der Waals surface area contributed by atoms with Crippen molar-refractivity contribution in [2.24, 2.45) is 0 Å². The van der Waals surface area contributed by atoms with Crippen LogP contribution in [-0.2, 0) is 6.18 Å². The number of likely N-dealkylation sites (N-methyl/N-ethyl adjacent to an activating group) is 1. The first-order valence-corrected chi connectivity index (χ1v) is 5.03. The lowest BCUT2D eigenvalue weighted by Crippen LogP contribution is -2.21. The van der Waals surface area contributed by atoms with Crippen molar-refractivity contribution < 1.29 is 18.0 Å². The van der Waals surface area contributed by atoms with E-state index in [-0.39, 0.29) is 17.2 Å². The quantitative estimate of drug-likeness (QED) is 0.815. The molecule has 1 N–H and O–H groups in total. The minimum atomic E-state index is -4.47. The minimum Gasteiger partial charge on any atom is -0.310 e. The average molecular weight is 238 g/mol. The summed E-state index contributed by atoms with van der Waals surface area (Å²) in [6.45, 7) is 2.44. The predicted octanol–water partition coefficient (Wildman–Crippen LogP) is 1.95. The summed E-state index contributed by atoms with van der Waals surface area (Å²) in [5.74, 6) is -0.371. The highest BCUT2D eigenvalue weighted by atomic mass is 32.1. The number of halogens is 3. The summed E-state index contributed by atoms with van der Waals surface area (Å²) in [7, 11) is 0. The number of carbonyl (C=O) groups excluding carboxylic acids is 1. The molecule has 0 aliphatic rings. The first-order valence-electron chi connectivity index (χ1n) is 4.22. The molecule has 0 fully saturated rings. The third-order valence-electron chi connectivity index (χ3n) is 1.56. The van der Waals surface area contributed by atoms with Gasteiger partial charge in [-0.2, -0.15) is 13.2 Å². The lowest BCUT2D eigenvalue weighted by molar-refractivity contribution is -0.137. The van der Waals surface area contributed by atoms with E-state index in [1.54, 1.807) is 6.92 Å². The van der Waals surface area contributed by atoms with E-state index in [2.05, 4.69) is 10.3 Å². The van der Waals surface area contributed by atoms with Gasteiger partial charge >= 0.3 is 6.18 Å². The number of nitrogens with zero attached hydrogens (tertiary/aromatic N) is 1. The summed E-state index contributed by atoms with van der Waals surface area (Å²) in [6.07, 6.45) is -3.51. The Morgan fingerprint density at radius 3 is 2.73 bits per heavy atom. The average Bonchev–Trinajstić information content (AvgIpc) is 2.62. The van der Waals surface area contributed by atoms with Gasteiger partial charge in [0, 0.05) is 6.20 Å². The Kier molecular flexibility index (Phi) is 3.81. The first kappa shape index (κ1) is 12.1. The van der Waals surface area contributed by atoms with Crippen LogP contribution in [0.1, 0.15) is 21.6 Å². The molecule has 15 heavy (non-hydrogen) atoms. The maximum Gasteiger partial charge on any atom is 0.443 e. The Labute approximate surface area is 88.3 Å². The fourth-order valence-electron chi connectivity index (χ4n) is 0.860. The maximum atomic E-state index is 12.1. The smallest absolute Gasteiger partial charge is 0.310 e. The van der Waals surface area contributed by atoms with E-state index >= 15 is 0 Å². The van der Waals surface area contributed by atoms with Crippen molar-refractivity contribution in [2.75, 3.05) is 13.1 Å². The van der Waals surface area contributed by atoms with Gasteiger partial charge in [0.1, 0.15) is 0 Å². The van der Waals surface area contributed by atoms with Crippen LogP contribution < -0.4 is 5.32 Å². The number of ketones is 1. The number of Topliss-reactive ketones (excluding diaryl/α,β-unsaturated/α-hetero) is 1. The molecule has 0 bridgehead atoms. The molecule has 0 atom stereocenters. The molecule has 1 aromatic rings. The molecular weight excluding hydrogens is 229 g/mol. The van der Waals surface area contributed by atoms with Crippen molar-refractivity contribution in [1.29, 1.82) is 0 Å². The number of alkyl halides is 3. The van der Waals surface area contributed by atoms with E-state index in [1.165, 1.54) is 0 Å². The molecule has 84 valence electrons. The number of hydrogen-bond acceptors (Lipinski definition) is 4. The molecule has 0 radical (unpaired) electrons.